The van der Waals surface area contributed by atoms with Crippen molar-refractivity contribution in [3.63, 3.8) is 0 Å². The summed E-state index contributed by atoms with van der Waals surface area (Å²) in [5, 5.41) is 13.3. The van der Waals surface area contributed by atoms with Gasteiger partial charge in [-0.25, -0.2) is 4.79 Å². The first-order valence-electron chi connectivity index (χ1n) is 9.39. The molecule has 1 fully saturated rings. The molecule has 0 amide bonds. The number of anilines is 2. The molecule has 1 aliphatic heterocycles. The number of carbonyl (C=O) groups is 1. The van der Waals surface area contributed by atoms with Gasteiger partial charge in [0.05, 0.1) is 22.4 Å². The second kappa shape index (κ2) is 7.44. The quantitative estimate of drug-likeness (QED) is 0.604. The number of nitrogens with zero attached hydrogens (tertiary/aromatic N) is 1. The van der Waals surface area contributed by atoms with E-state index >= 15 is 0 Å². The van der Waals surface area contributed by atoms with Crippen LogP contribution in [-0.2, 0) is 0 Å². The van der Waals surface area contributed by atoms with Crippen molar-refractivity contribution in [3.05, 3.63) is 69.4 Å². The first kappa shape index (κ1) is 19.3. The Morgan fingerprint density at radius 1 is 1.28 bits per heavy atom. The Balaban J connectivity index is 1.78. The van der Waals surface area contributed by atoms with Crippen LogP contribution in [0.3, 0.4) is 0 Å². The molecule has 150 valence electrons. The van der Waals surface area contributed by atoms with Gasteiger partial charge in [0, 0.05) is 30.4 Å². The lowest BCUT2D eigenvalue weighted by Gasteiger charge is -2.36. The topological polar surface area (TPSA) is 82.8 Å². The first-order chi connectivity index (χ1) is 13.8. The average Bonchev–Trinajstić information content (AvgIpc) is 2.65. The van der Waals surface area contributed by atoms with Crippen LogP contribution in [-0.4, -0.2) is 29.5 Å². The third kappa shape index (κ3) is 3.68. The zero-order valence-electron chi connectivity index (χ0n) is 16.1. The fraction of sp³-hybridized carbons (Fsp3) is 0.273. The van der Waals surface area contributed by atoms with Crippen LogP contribution < -0.4 is 15.6 Å². The predicted molar refractivity (Wildman–Crippen MR) is 115 cm³/mol. The summed E-state index contributed by atoms with van der Waals surface area (Å²) in [5.74, 6) is -0.501. The number of carboxylic acids is 1. The Kier molecular flexibility index (Phi) is 4.96. The highest BCUT2D eigenvalue weighted by molar-refractivity contribution is 6.22. The number of aryl methyl sites for hydroxylation is 1. The Morgan fingerprint density at radius 2 is 2.00 bits per heavy atom. The van der Waals surface area contributed by atoms with Gasteiger partial charge in [-0.2, -0.15) is 0 Å². The van der Waals surface area contributed by atoms with Gasteiger partial charge >= 0.3 is 5.97 Å². The van der Waals surface area contributed by atoms with Crippen molar-refractivity contribution in [2.45, 2.75) is 25.3 Å². The van der Waals surface area contributed by atoms with Crippen molar-refractivity contribution in [1.82, 2.24) is 0 Å². The average molecular weight is 413 g/mol. The summed E-state index contributed by atoms with van der Waals surface area (Å²) >= 11 is 6.07. The summed E-state index contributed by atoms with van der Waals surface area (Å²) in [5.41, 5.74) is 2.81. The van der Waals surface area contributed by atoms with E-state index < -0.39 is 5.97 Å². The van der Waals surface area contributed by atoms with Gasteiger partial charge in [0.2, 0.25) is 0 Å². The second-order valence-corrected chi connectivity index (χ2v) is 8.02. The van der Waals surface area contributed by atoms with Gasteiger partial charge in [-0.05, 0) is 37.6 Å². The second-order valence-electron chi connectivity index (χ2n) is 7.40. The third-order valence-electron chi connectivity index (χ3n) is 5.13. The standard InChI is InChI=1S/C22H21ClN2O4/c1-12-7-16(13(2)24-18-6-4-3-5-15(18)22(27)28)21-17(8-12)19(26)9-20(29-21)25-10-14(23)11-25/h3-9,13-14,24H,10-11H2,1-2H3,(H,27,28)/t13-/m0/s1. The minimum absolute atomic E-state index is 0.0570. The molecular weight excluding hydrogens is 392 g/mol. The molecule has 0 bridgehead atoms. The Bertz CT molecular complexity index is 1150. The zero-order chi connectivity index (χ0) is 20.7. The number of para-hydroxylation sites is 1. The highest BCUT2D eigenvalue weighted by atomic mass is 35.5. The van der Waals surface area contributed by atoms with Gasteiger partial charge in [-0.15, -0.1) is 11.6 Å². The number of hydrogen-bond donors (Lipinski definition) is 2. The van der Waals surface area contributed by atoms with Crippen molar-refractivity contribution >= 4 is 40.1 Å². The molecular formula is C22H21ClN2O4. The molecule has 29 heavy (non-hydrogen) atoms. The van der Waals surface area contributed by atoms with Crippen LogP contribution in [0.5, 0.6) is 0 Å². The van der Waals surface area contributed by atoms with Crippen LogP contribution in [0.15, 0.2) is 51.7 Å². The lowest BCUT2D eigenvalue weighted by Crippen LogP contribution is -2.48. The smallest absolute Gasteiger partial charge is 0.337 e. The Hall–Kier alpha value is -2.99. The number of alkyl halides is 1. The monoisotopic (exact) mass is 412 g/mol. The molecule has 4 rings (SSSR count). The van der Waals surface area contributed by atoms with Gasteiger partial charge in [0.1, 0.15) is 5.58 Å². The van der Waals surface area contributed by atoms with E-state index in [1.165, 1.54) is 6.07 Å². The summed E-state index contributed by atoms with van der Waals surface area (Å²) in [4.78, 5) is 26.2. The maximum atomic E-state index is 12.7. The van der Waals surface area contributed by atoms with E-state index in [0.29, 0.717) is 35.6 Å². The number of nitrogens with one attached hydrogen (secondary N) is 1. The Labute approximate surface area is 172 Å². The van der Waals surface area contributed by atoms with E-state index in [9.17, 15) is 14.7 Å². The van der Waals surface area contributed by atoms with Gasteiger partial charge in [-0.3, -0.25) is 4.79 Å². The van der Waals surface area contributed by atoms with E-state index in [2.05, 4.69) is 5.32 Å². The van der Waals surface area contributed by atoms with Gasteiger partial charge in [0.25, 0.3) is 0 Å². The molecule has 1 aliphatic rings. The first-order valence-corrected chi connectivity index (χ1v) is 9.83. The molecule has 0 radical (unpaired) electrons. The predicted octanol–water partition coefficient (Wildman–Crippen LogP) is 4.40. The summed E-state index contributed by atoms with van der Waals surface area (Å²) in [7, 11) is 0. The number of carboxylic acid groups (broad SMARTS) is 1. The highest BCUT2D eigenvalue weighted by Gasteiger charge is 2.27. The summed E-state index contributed by atoms with van der Waals surface area (Å²) in [6.45, 7) is 5.10. The summed E-state index contributed by atoms with van der Waals surface area (Å²) in [6, 6.07) is 11.7. The van der Waals surface area contributed by atoms with Crippen LogP contribution in [0.25, 0.3) is 11.0 Å². The van der Waals surface area contributed by atoms with Gasteiger partial charge < -0.3 is 19.7 Å². The van der Waals surface area contributed by atoms with Crippen molar-refractivity contribution in [2.24, 2.45) is 0 Å². The fourth-order valence-electron chi connectivity index (χ4n) is 3.61. The third-order valence-corrected chi connectivity index (χ3v) is 5.41. The Morgan fingerprint density at radius 3 is 2.69 bits per heavy atom. The van der Waals surface area contributed by atoms with Crippen LogP contribution in [0, 0.1) is 6.92 Å². The van der Waals surface area contributed by atoms with Gasteiger partial charge in [0.15, 0.2) is 11.3 Å². The van der Waals surface area contributed by atoms with E-state index in [1.807, 2.05) is 30.9 Å². The van der Waals surface area contributed by atoms with Crippen molar-refractivity contribution < 1.29 is 14.3 Å². The molecule has 0 saturated carbocycles. The minimum atomic E-state index is -1.00. The van der Waals surface area contributed by atoms with Crippen molar-refractivity contribution in [2.75, 3.05) is 23.3 Å². The van der Waals surface area contributed by atoms with Crippen LogP contribution in [0.4, 0.5) is 11.6 Å². The summed E-state index contributed by atoms with van der Waals surface area (Å²) < 4.78 is 6.13. The molecule has 1 atom stereocenters. The number of benzene rings is 2. The molecule has 1 aromatic heterocycles. The largest absolute Gasteiger partial charge is 0.478 e. The zero-order valence-corrected chi connectivity index (χ0v) is 16.9. The number of fused-ring (bicyclic) bond motifs is 1. The van der Waals surface area contributed by atoms with E-state index in [-0.39, 0.29) is 22.4 Å². The van der Waals surface area contributed by atoms with Crippen molar-refractivity contribution in [3.8, 4) is 0 Å². The van der Waals surface area contributed by atoms with Crippen LogP contribution in [0.1, 0.15) is 34.5 Å². The molecule has 7 heteroatoms. The molecule has 1 saturated heterocycles. The van der Waals surface area contributed by atoms with E-state index in [4.69, 9.17) is 16.0 Å². The fourth-order valence-corrected chi connectivity index (χ4v) is 3.94. The van der Waals surface area contributed by atoms with E-state index in [0.717, 1.165) is 11.1 Å². The molecule has 0 spiro atoms. The van der Waals surface area contributed by atoms with Crippen molar-refractivity contribution in [1.29, 1.82) is 0 Å². The molecule has 3 aromatic rings. The number of halogens is 1. The lowest BCUT2D eigenvalue weighted by atomic mass is 10.0. The molecule has 2 heterocycles. The number of rotatable bonds is 5. The van der Waals surface area contributed by atoms with Gasteiger partial charge in [-0.1, -0.05) is 18.2 Å². The molecule has 2 N–H and O–H groups in total. The molecule has 2 aromatic carbocycles. The maximum absolute atomic E-state index is 12.7. The van der Waals surface area contributed by atoms with Crippen LogP contribution >= 0.6 is 11.6 Å². The number of hydrogen-bond acceptors (Lipinski definition) is 5. The molecule has 0 unspecified atom stereocenters. The SMILES string of the molecule is Cc1cc([C@H](C)Nc2ccccc2C(=O)O)c2oc(N3CC(Cl)C3)cc(=O)c2c1. The summed E-state index contributed by atoms with van der Waals surface area (Å²) in [6.07, 6.45) is 0. The highest BCUT2D eigenvalue weighted by Crippen LogP contribution is 2.32. The maximum Gasteiger partial charge on any atom is 0.337 e. The lowest BCUT2D eigenvalue weighted by molar-refractivity contribution is 0.0698. The van der Waals surface area contributed by atoms with Crippen LogP contribution in [0.2, 0.25) is 0 Å². The molecule has 0 aliphatic carbocycles. The molecule has 6 nitrogen and oxygen atoms in total. The normalized spacial score (nSPS) is 15.2. The van der Waals surface area contributed by atoms with E-state index in [1.54, 1.807) is 24.3 Å². The minimum Gasteiger partial charge on any atom is -0.478 e. The number of aromatic carboxylic acids is 1.